The fraction of sp³-hybridized carbons (Fsp3) is 0.200. The number of fused-ring (bicyclic) bond motifs is 1. The Balaban J connectivity index is 1.79. The number of ketones is 1. The van der Waals surface area contributed by atoms with Crippen LogP contribution in [0.25, 0.3) is 10.8 Å². The number of hydrogen-bond donors (Lipinski definition) is 1. The maximum Gasteiger partial charge on any atom is 0.199 e. The van der Waals surface area contributed by atoms with Crippen LogP contribution >= 0.6 is 0 Å². The monoisotopic (exact) mass is 254 g/mol. The summed E-state index contributed by atoms with van der Waals surface area (Å²) in [7, 11) is 0. The fourth-order valence-corrected chi connectivity index (χ4v) is 2.19. The average molecular weight is 254 g/mol. The topological polar surface area (TPSA) is 58.9 Å². The molecule has 0 spiro atoms. The third-order valence-corrected chi connectivity index (χ3v) is 3.29. The van der Waals surface area contributed by atoms with Crippen molar-refractivity contribution in [1.82, 2.24) is 9.97 Å². The van der Waals surface area contributed by atoms with Gasteiger partial charge in [0, 0.05) is 22.9 Å². The molecule has 19 heavy (non-hydrogen) atoms. The van der Waals surface area contributed by atoms with Crippen molar-refractivity contribution in [2.75, 3.05) is 0 Å². The Morgan fingerprint density at radius 1 is 1.37 bits per heavy atom. The molecule has 0 bridgehead atoms. The molecule has 0 saturated heterocycles. The number of furan rings is 1. The normalized spacial score (nSPS) is 11.0. The van der Waals surface area contributed by atoms with Crippen LogP contribution in [0, 0.1) is 6.92 Å². The van der Waals surface area contributed by atoms with Crippen molar-refractivity contribution in [2.45, 2.75) is 19.8 Å². The van der Waals surface area contributed by atoms with Gasteiger partial charge in [0.25, 0.3) is 0 Å². The number of H-pyrrole nitrogens is 1. The standard InChI is InChI=1S/C15H14N2O2/c1-10-13(17-9-16-10)6-7-14(18)15-12-5-3-2-4-11(12)8-19-15/h2-5,8-9H,6-7H2,1H3,(H,16,17). The maximum atomic E-state index is 12.2. The van der Waals surface area contributed by atoms with Crippen LogP contribution in [0.1, 0.15) is 28.4 Å². The molecule has 0 atom stereocenters. The van der Waals surface area contributed by atoms with E-state index in [1.54, 1.807) is 12.6 Å². The van der Waals surface area contributed by atoms with E-state index < -0.39 is 0 Å². The van der Waals surface area contributed by atoms with E-state index in [0.29, 0.717) is 18.6 Å². The van der Waals surface area contributed by atoms with Crippen LogP contribution in [-0.4, -0.2) is 15.8 Å². The number of nitrogens with one attached hydrogen (secondary N) is 1. The van der Waals surface area contributed by atoms with Gasteiger partial charge in [-0.25, -0.2) is 4.98 Å². The van der Waals surface area contributed by atoms with Crippen LogP contribution < -0.4 is 0 Å². The second kappa shape index (κ2) is 4.72. The highest BCUT2D eigenvalue weighted by Gasteiger charge is 2.15. The second-order valence-electron chi connectivity index (χ2n) is 4.55. The Hall–Kier alpha value is -2.36. The fourth-order valence-electron chi connectivity index (χ4n) is 2.19. The number of benzene rings is 1. The highest BCUT2D eigenvalue weighted by Crippen LogP contribution is 2.22. The third kappa shape index (κ3) is 2.17. The zero-order valence-corrected chi connectivity index (χ0v) is 10.6. The number of hydrogen-bond acceptors (Lipinski definition) is 3. The summed E-state index contributed by atoms with van der Waals surface area (Å²) in [5, 5.41) is 1.84. The van der Waals surface area contributed by atoms with Crippen molar-refractivity contribution in [3.63, 3.8) is 0 Å². The average Bonchev–Trinajstić information content (AvgIpc) is 3.02. The minimum absolute atomic E-state index is 0.0172. The van der Waals surface area contributed by atoms with Crippen molar-refractivity contribution in [2.24, 2.45) is 0 Å². The summed E-state index contributed by atoms with van der Waals surface area (Å²) in [6, 6.07) is 7.69. The first-order valence-electron chi connectivity index (χ1n) is 6.24. The van der Waals surface area contributed by atoms with Crippen LogP contribution in [0.3, 0.4) is 0 Å². The van der Waals surface area contributed by atoms with Gasteiger partial charge in [-0.15, -0.1) is 0 Å². The summed E-state index contributed by atoms with van der Waals surface area (Å²) in [6.07, 6.45) is 4.31. The molecule has 3 rings (SSSR count). The number of Topliss-reactive ketones (excluding diaryl/α,β-unsaturated/α-hetero) is 1. The van der Waals surface area contributed by atoms with E-state index in [1.165, 1.54) is 0 Å². The van der Waals surface area contributed by atoms with Gasteiger partial charge in [-0.1, -0.05) is 24.3 Å². The van der Waals surface area contributed by atoms with E-state index in [4.69, 9.17) is 4.42 Å². The molecule has 4 heteroatoms. The molecular weight excluding hydrogens is 240 g/mol. The van der Waals surface area contributed by atoms with E-state index in [1.807, 2.05) is 31.2 Å². The number of nitrogens with zero attached hydrogens (tertiary/aromatic N) is 1. The Kier molecular flexibility index (Phi) is 2.91. The SMILES string of the molecule is Cc1[nH]cnc1CCC(=O)c1occ2ccccc12. The Morgan fingerprint density at radius 2 is 2.21 bits per heavy atom. The van der Waals surface area contributed by atoms with Gasteiger partial charge in [0.15, 0.2) is 11.5 Å². The van der Waals surface area contributed by atoms with E-state index in [0.717, 1.165) is 22.2 Å². The van der Waals surface area contributed by atoms with Crippen LogP contribution in [0.5, 0.6) is 0 Å². The molecule has 3 aromatic rings. The lowest BCUT2D eigenvalue weighted by Gasteiger charge is -1.98. The number of aryl methyl sites for hydroxylation is 2. The van der Waals surface area contributed by atoms with Crippen LogP contribution in [0.15, 0.2) is 41.3 Å². The first kappa shape index (κ1) is 11.7. The van der Waals surface area contributed by atoms with Gasteiger partial charge < -0.3 is 9.40 Å². The van der Waals surface area contributed by atoms with Crippen molar-refractivity contribution in [1.29, 1.82) is 0 Å². The number of aromatic nitrogens is 2. The lowest BCUT2D eigenvalue weighted by atomic mass is 10.1. The minimum Gasteiger partial charge on any atom is -0.460 e. The first-order chi connectivity index (χ1) is 9.25. The molecule has 0 aliphatic rings. The summed E-state index contributed by atoms with van der Waals surface area (Å²) >= 11 is 0. The number of imidazole rings is 1. The molecule has 0 unspecified atom stereocenters. The van der Waals surface area contributed by atoms with Crippen LogP contribution in [0.4, 0.5) is 0 Å². The molecule has 0 fully saturated rings. The van der Waals surface area contributed by atoms with E-state index >= 15 is 0 Å². The quantitative estimate of drug-likeness (QED) is 0.727. The van der Waals surface area contributed by atoms with Crippen molar-refractivity contribution in [3.05, 3.63) is 54.0 Å². The number of aromatic amines is 1. The predicted octanol–water partition coefficient (Wildman–Crippen LogP) is 3.28. The molecule has 0 aliphatic heterocycles. The number of carbonyl (C=O) groups excluding carboxylic acids is 1. The highest BCUT2D eigenvalue weighted by molar-refractivity contribution is 6.05. The molecule has 2 aromatic heterocycles. The summed E-state index contributed by atoms with van der Waals surface area (Å²) < 4.78 is 5.40. The molecule has 0 amide bonds. The van der Waals surface area contributed by atoms with Crippen molar-refractivity contribution in [3.8, 4) is 0 Å². The number of rotatable bonds is 4. The number of carbonyl (C=O) groups is 1. The smallest absolute Gasteiger partial charge is 0.199 e. The molecule has 96 valence electrons. The Bertz CT molecular complexity index is 724. The summed E-state index contributed by atoms with van der Waals surface area (Å²) in [5.74, 6) is 0.465. The van der Waals surface area contributed by atoms with E-state index in [9.17, 15) is 4.79 Å². The second-order valence-corrected chi connectivity index (χ2v) is 4.55. The van der Waals surface area contributed by atoms with Crippen molar-refractivity contribution < 1.29 is 9.21 Å². The van der Waals surface area contributed by atoms with E-state index in [-0.39, 0.29) is 5.78 Å². The summed E-state index contributed by atoms with van der Waals surface area (Å²) in [6.45, 7) is 1.95. The molecular formula is C15H14N2O2. The highest BCUT2D eigenvalue weighted by atomic mass is 16.3. The lowest BCUT2D eigenvalue weighted by Crippen LogP contribution is -2.01. The molecule has 2 heterocycles. The predicted molar refractivity (Wildman–Crippen MR) is 72.2 cm³/mol. The zero-order valence-electron chi connectivity index (χ0n) is 10.6. The van der Waals surface area contributed by atoms with Gasteiger partial charge in [0.2, 0.25) is 0 Å². The van der Waals surface area contributed by atoms with E-state index in [2.05, 4.69) is 9.97 Å². The molecule has 4 nitrogen and oxygen atoms in total. The Labute approximate surface area is 110 Å². The third-order valence-electron chi connectivity index (χ3n) is 3.29. The van der Waals surface area contributed by atoms with Gasteiger partial charge >= 0.3 is 0 Å². The summed E-state index contributed by atoms with van der Waals surface area (Å²) in [4.78, 5) is 19.4. The first-order valence-corrected chi connectivity index (χ1v) is 6.24. The molecule has 1 aromatic carbocycles. The van der Waals surface area contributed by atoms with Gasteiger partial charge in [0.1, 0.15) is 0 Å². The molecule has 0 aliphatic carbocycles. The van der Waals surface area contributed by atoms with Crippen LogP contribution in [-0.2, 0) is 6.42 Å². The largest absolute Gasteiger partial charge is 0.460 e. The van der Waals surface area contributed by atoms with Gasteiger partial charge in [-0.3, -0.25) is 4.79 Å². The molecule has 0 saturated carbocycles. The van der Waals surface area contributed by atoms with Gasteiger partial charge in [-0.2, -0.15) is 0 Å². The minimum atomic E-state index is 0.0172. The van der Waals surface area contributed by atoms with Gasteiger partial charge in [0.05, 0.1) is 18.3 Å². The van der Waals surface area contributed by atoms with Gasteiger partial charge in [-0.05, 0) is 13.3 Å². The lowest BCUT2D eigenvalue weighted by molar-refractivity contribution is 0.0958. The Morgan fingerprint density at radius 3 is 3.00 bits per heavy atom. The zero-order chi connectivity index (χ0) is 13.2. The summed E-state index contributed by atoms with van der Waals surface area (Å²) in [5.41, 5.74) is 1.95. The van der Waals surface area contributed by atoms with Crippen LogP contribution in [0.2, 0.25) is 0 Å². The molecule has 0 radical (unpaired) electrons. The maximum absolute atomic E-state index is 12.2. The molecule has 1 N–H and O–H groups in total. The van der Waals surface area contributed by atoms with Crippen molar-refractivity contribution >= 4 is 16.6 Å².